The zero-order chi connectivity index (χ0) is 20.7. The monoisotopic (exact) mass is 398 g/mol. The highest BCUT2D eigenvalue weighted by Gasteiger charge is 2.57. The normalized spacial score (nSPS) is 42.0. The Morgan fingerprint density at radius 1 is 0.966 bits per heavy atom. The van der Waals surface area contributed by atoms with Crippen molar-refractivity contribution in [2.75, 3.05) is 0 Å². The molecule has 0 amide bonds. The fourth-order valence-corrected chi connectivity index (χ4v) is 9.08. The van der Waals surface area contributed by atoms with Gasteiger partial charge in [-0.2, -0.15) is 0 Å². The smallest absolute Gasteiger partial charge is 0.00853 e. The van der Waals surface area contributed by atoms with Gasteiger partial charge in [-0.15, -0.1) is 0 Å². The summed E-state index contributed by atoms with van der Waals surface area (Å²) in [5.41, 5.74) is 3.68. The van der Waals surface area contributed by atoms with Gasteiger partial charge in [0.25, 0.3) is 0 Å². The molecule has 0 aromatic rings. The second kappa shape index (κ2) is 8.35. The van der Waals surface area contributed by atoms with Crippen LogP contribution in [-0.2, 0) is 0 Å². The van der Waals surface area contributed by atoms with E-state index in [1.807, 2.05) is 5.57 Å². The summed E-state index contributed by atoms with van der Waals surface area (Å²) in [6, 6.07) is 0. The van der Waals surface area contributed by atoms with Crippen molar-refractivity contribution in [2.24, 2.45) is 39.9 Å². The Morgan fingerprint density at radius 2 is 1.79 bits per heavy atom. The predicted molar refractivity (Wildman–Crippen MR) is 127 cm³/mol. The Hall–Kier alpha value is -0.260. The van der Waals surface area contributed by atoms with E-state index in [4.69, 9.17) is 0 Å². The number of unbranched alkanes of at least 4 members (excludes halogenated alkanes) is 1. The first kappa shape index (κ1) is 22.0. The van der Waals surface area contributed by atoms with Crippen molar-refractivity contribution >= 4 is 0 Å². The lowest BCUT2D eigenvalue weighted by Crippen LogP contribution is -2.49. The molecule has 0 aromatic carbocycles. The van der Waals surface area contributed by atoms with Crippen LogP contribution in [0.5, 0.6) is 0 Å². The van der Waals surface area contributed by atoms with Gasteiger partial charge in [0.2, 0.25) is 0 Å². The summed E-state index contributed by atoms with van der Waals surface area (Å²) in [5.74, 6) is 4.06. The molecule has 0 heteroatoms. The summed E-state index contributed by atoms with van der Waals surface area (Å²) in [6.45, 7) is 12.7. The molecule has 0 aliphatic heterocycles. The van der Waals surface area contributed by atoms with Gasteiger partial charge in [-0.3, -0.25) is 0 Å². The lowest BCUT2D eigenvalue weighted by atomic mass is 9.47. The number of rotatable bonds is 7. The first-order valence-electron chi connectivity index (χ1n) is 13.5. The Morgan fingerprint density at radius 3 is 2.59 bits per heavy atom. The first-order valence-corrected chi connectivity index (χ1v) is 13.5. The van der Waals surface area contributed by atoms with Gasteiger partial charge in [-0.25, -0.2) is 0 Å². The molecule has 4 aliphatic rings. The summed E-state index contributed by atoms with van der Waals surface area (Å²) >= 11 is 0. The quantitative estimate of drug-likeness (QED) is 0.296. The molecule has 29 heavy (non-hydrogen) atoms. The molecular formula is C29H50. The van der Waals surface area contributed by atoms with E-state index in [2.05, 4.69) is 40.7 Å². The van der Waals surface area contributed by atoms with Crippen molar-refractivity contribution in [3.05, 3.63) is 11.6 Å². The highest BCUT2D eigenvalue weighted by molar-refractivity contribution is 5.24. The van der Waals surface area contributed by atoms with Crippen molar-refractivity contribution in [1.29, 1.82) is 0 Å². The van der Waals surface area contributed by atoms with Crippen LogP contribution >= 0.6 is 0 Å². The molecule has 0 N–H and O–H groups in total. The minimum Gasteiger partial charge on any atom is -0.0845 e. The van der Waals surface area contributed by atoms with Gasteiger partial charge >= 0.3 is 0 Å². The first-order chi connectivity index (χ1) is 13.8. The van der Waals surface area contributed by atoms with E-state index < -0.39 is 0 Å². The zero-order valence-electron chi connectivity index (χ0n) is 20.5. The number of fused-ring (bicyclic) bond motifs is 5. The zero-order valence-corrected chi connectivity index (χ0v) is 20.5. The standard InChI is InChI=1S/C29H50/c1-6-18-27(2,3)19-9-7-11-23-14-16-25-24-15-13-22-12-8-10-20-28(22,4)26(24)17-21-29(23,25)5/h13,23-26H,6-12,14-21H2,1-5H3. The average Bonchev–Trinajstić information content (AvgIpc) is 3.01. The minimum absolute atomic E-state index is 0.566. The van der Waals surface area contributed by atoms with Crippen LogP contribution in [0.2, 0.25) is 0 Å². The lowest BCUT2D eigenvalue weighted by molar-refractivity contribution is -0.0425. The molecule has 0 radical (unpaired) electrons. The molecule has 0 saturated heterocycles. The van der Waals surface area contributed by atoms with Gasteiger partial charge in [0.1, 0.15) is 0 Å². The molecule has 3 saturated carbocycles. The molecule has 3 fully saturated rings. The van der Waals surface area contributed by atoms with Crippen molar-refractivity contribution in [3.8, 4) is 0 Å². The van der Waals surface area contributed by atoms with E-state index >= 15 is 0 Å². The number of hydrogen-bond donors (Lipinski definition) is 0. The van der Waals surface area contributed by atoms with Crippen molar-refractivity contribution < 1.29 is 0 Å². The second-order valence-electron chi connectivity index (χ2n) is 12.9. The van der Waals surface area contributed by atoms with Crippen LogP contribution in [0.25, 0.3) is 0 Å². The topological polar surface area (TPSA) is 0 Å². The van der Waals surface area contributed by atoms with Crippen LogP contribution in [0.4, 0.5) is 0 Å². The summed E-state index contributed by atoms with van der Waals surface area (Å²) in [4.78, 5) is 0. The minimum atomic E-state index is 0.566. The SMILES string of the molecule is CCCC(C)(C)CCCCC1CCC2C3CC=C4CCCCC4(C)C3CCC12C. The average molecular weight is 399 g/mol. The third kappa shape index (κ3) is 4.01. The number of allylic oxidation sites excluding steroid dienone is 2. The predicted octanol–water partition coefficient (Wildman–Crippen LogP) is 9.34. The molecule has 0 bridgehead atoms. The van der Waals surface area contributed by atoms with Crippen LogP contribution in [-0.4, -0.2) is 0 Å². The highest BCUT2D eigenvalue weighted by atomic mass is 14.6. The maximum Gasteiger partial charge on any atom is -0.00853 e. The Labute approximate surface area is 182 Å². The highest BCUT2D eigenvalue weighted by Crippen LogP contribution is 2.66. The molecule has 0 nitrogen and oxygen atoms in total. The number of hydrogen-bond acceptors (Lipinski definition) is 0. The molecule has 0 spiro atoms. The van der Waals surface area contributed by atoms with Gasteiger partial charge in [-0.05, 0) is 111 Å². The van der Waals surface area contributed by atoms with E-state index in [0.717, 1.165) is 23.7 Å². The Kier molecular flexibility index (Phi) is 6.32. The van der Waals surface area contributed by atoms with E-state index in [1.54, 1.807) is 6.42 Å². The molecular weight excluding hydrogens is 348 g/mol. The third-order valence-corrected chi connectivity index (χ3v) is 10.8. The molecule has 0 heterocycles. The van der Waals surface area contributed by atoms with Crippen LogP contribution in [0, 0.1) is 39.9 Å². The van der Waals surface area contributed by atoms with Gasteiger partial charge in [0, 0.05) is 0 Å². The molecule has 6 unspecified atom stereocenters. The molecule has 166 valence electrons. The van der Waals surface area contributed by atoms with E-state index in [0.29, 0.717) is 16.2 Å². The largest absolute Gasteiger partial charge is 0.0845 e. The summed E-state index contributed by atoms with van der Waals surface area (Å²) < 4.78 is 0. The second-order valence-corrected chi connectivity index (χ2v) is 12.9. The van der Waals surface area contributed by atoms with Crippen molar-refractivity contribution in [1.82, 2.24) is 0 Å². The Balaban J connectivity index is 1.37. The van der Waals surface area contributed by atoms with Gasteiger partial charge in [0.05, 0.1) is 0 Å². The van der Waals surface area contributed by atoms with Crippen molar-refractivity contribution in [3.63, 3.8) is 0 Å². The van der Waals surface area contributed by atoms with Crippen LogP contribution in [0.1, 0.15) is 131 Å². The van der Waals surface area contributed by atoms with E-state index in [-0.39, 0.29) is 0 Å². The summed E-state index contributed by atoms with van der Waals surface area (Å²) in [7, 11) is 0. The van der Waals surface area contributed by atoms with E-state index in [9.17, 15) is 0 Å². The molecule has 4 rings (SSSR count). The van der Waals surface area contributed by atoms with Gasteiger partial charge < -0.3 is 0 Å². The molecule has 0 aromatic heterocycles. The maximum absolute atomic E-state index is 2.75. The van der Waals surface area contributed by atoms with Gasteiger partial charge in [0.15, 0.2) is 0 Å². The van der Waals surface area contributed by atoms with Crippen LogP contribution in [0.15, 0.2) is 11.6 Å². The van der Waals surface area contributed by atoms with Crippen LogP contribution < -0.4 is 0 Å². The summed E-state index contributed by atoms with van der Waals surface area (Å²) in [6.07, 6.45) is 24.8. The van der Waals surface area contributed by atoms with E-state index in [1.165, 1.54) is 89.9 Å². The third-order valence-electron chi connectivity index (χ3n) is 10.8. The lowest BCUT2D eigenvalue weighted by Gasteiger charge is -2.57. The summed E-state index contributed by atoms with van der Waals surface area (Å²) in [5, 5.41) is 0. The van der Waals surface area contributed by atoms with Crippen LogP contribution in [0.3, 0.4) is 0 Å². The Bertz CT molecular complexity index is 597. The fraction of sp³-hybridized carbons (Fsp3) is 0.931. The maximum atomic E-state index is 2.75. The van der Waals surface area contributed by atoms with Gasteiger partial charge in [-0.1, -0.05) is 72.0 Å². The van der Waals surface area contributed by atoms with Crippen molar-refractivity contribution in [2.45, 2.75) is 131 Å². The molecule has 4 aliphatic carbocycles. The fourth-order valence-electron chi connectivity index (χ4n) is 9.08. The molecule has 6 atom stereocenters.